The van der Waals surface area contributed by atoms with Crippen molar-refractivity contribution in [1.82, 2.24) is 0 Å². The Morgan fingerprint density at radius 3 is 2.53 bits per heavy atom. The van der Waals surface area contributed by atoms with Crippen LogP contribution in [0.5, 0.6) is 0 Å². The van der Waals surface area contributed by atoms with Gasteiger partial charge in [0.25, 0.3) is 0 Å². The van der Waals surface area contributed by atoms with E-state index in [2.05, 4.69) is 4.99 Å². The van der Waals surface area contributed by atoms with Crippen LogP contribution in [0.25, 0.3) is 0 Å². The molecular weight excluding hydrogens is 270 g/mol. The van der Waals surface area contributed by atoms with Crippen molar-refractivity contribution in [2.24, 2.45) is 4.99 Å². The van der Waals surface area contributed by atoms with Crippen LogP contribution in [0.2, 0.25) is 0 Å². The monoisotopic (exact) mass is 279 g/mol. The molecule has 0 bridgehead atoms. The minimum absolute atomic E-state index is 0.0743. The third-order valence-corrected chi connectivity index (χ3v) is 3.15. The van der Waals surface area contributed by atoms with Crippen molar-refractivity contribution in [1.29, 1.82) is 0 Å². The molecule has 1 N–H and O–H groups in total. The van der Waals surface area contributed by atoms with E-state index in [1.165, 1.54) is 6.07 Å². The van der Waals surface area contributed by atoms with Crippen LogP contribution in [0.3, 0.4) is 0 Å². The number of aliphatic carboxylic acids is 1. The van der Waals surface area contributed by atoms with Gasteiger partial charge in [0, 0.05) is 17.7 Å². The number of hydrogen-bond donors (Lipinski definition) is 1. The lowest BCUT2D eigenvalue weighted by molar-refractivity contribution is -0.136. The minimum Gasteiger partial charge on any atom is -0.481 e. The quantitative estimate of drug-likeness (QED) is 0.852. The Labute approximate surface area is 113 Å². The average molecular weight is 280 g/mol. The van der Waals surface area contributed by atoms with Gasteiger partial charge in [-0.1, -0.05) is 24.3 Å². The molecule has 6 heteroatoms. The fourth-order valence-electron chi connectivity index (χ4n) is 1.83. The van der Waals surface area contributed by atoms with E-state index in [1.807, 2.05) is 0 Å². The second-order valence-electron chi connectivity index (χ2n) is 4.01. The molecule has 0 aromatic heterocycles. The highest BCUT2D eigenvalue weighted by Gasteiger charge is 2.36. The molecular formula is C13H10ClNO4. The number of carboxylic acid groups (broad SMARTS) is 1. The van der Waals surface area contributed by atoms with Gasteiger partial charge in [0.2, 0.25) is 5.78 Å². The number of nitrogens with zero attached hydrogens (tertiary/aromatic N) is 1. The van der Waals surface area contributed by atoms with Gasteiger partial charge in [0.15, 0.2) is 5.78 Å². The first-order chi connectivity index (χ1) is 9.02. The van der Waals surface area contributed by atoms with E-state index < -0.39 is 17.1 Å². The van der Waals surface area contributed by atoms with Crippen molar-refractivity contribution in [3.8, 4) is 0 Å². The molecule has 2 rings (SSSR count). The van der Waals surface area contributed by atoms with E-state index in [0.29, 0.717) is 0 Å². The molecule has 5 nitrogen and oxygen atoms in total. The van der Waals surface area contributed by atoms with Gasteiger partial charge in [-0.25, -0.2) is 0 Å². The van der Waals surface area contributed by atoms with Crippen molar-refractivity contribution >= 4 is 34.8 Å². The van der Waals surface area contributed by atoms with Crippen molar-refractivity contribution in [3.05, 3.63) is 35.4 Å². The number of rotatable bonds is 3. The summed E-state index contributed by atoms with van der Waals surface area (Å²) < 4.78 is 0. The van der Waals surface area contributed by atoms with Crippen molar-refractivity contribution in [2.75, 3.05) is 6.54 Å². The highest BCUT2D eigenvalue weighted by atomic mass is 35.5. The maximum Gasteiger partial charge on any atom is 0.305 e. The molecule has 1 aromatic rings. The molecule has 0 fully saturated rings. The van der Waals surface area contributed by atoms with Crippen LogP contribution in [0.15, 0.2) is 29.3 Å². The lowest BCUT2D eigenvalue weighted by Crippen LogP contribution is -2.38. The zero-order valence-electron chi connectivity index (χ0n) is 9.80. The fourth-order valence-corrected chi connectivity index (χ4v) is 2.12. The van der Waals surface area contributed by atoms with Crippen LogP contribution in [0.1, 0.15) is 27.1 Å². The zero-order chi connectivity index (χ0) is 14.0. The van der Waals surface area contributed by atoms with Gasteiger partial charge < -0.3 is 5.11 Å². The third kappa shape index (κ3) is 2.56. The number of alkyl halides is 1. The number of ketones is 2. The molecule has 0 saturated heterocycles. The maximum atomic E-state index is 12.1. The smallest absolute Gasteiger partial charge is 0.305 e. The molecule has 0 spiro atoms. The molecule has 0 heterocycles. The van der Waals surface area contributed by atoms with Crippen LogP contribution in [0.4, 0.5) is 0 Å². The molecule has 1 atom stereocenters. The maximum absolute atomic E-state index is 12.1. The van der Waals surface area contributed by atoms with E-state index in [1.54, 1.807) is 18.2 Å². The van der Waals surface area contributed by atoms with E-state index in [4.69, 9.17) is 16.7 Å². The first kappa shape index (κ1) is 13.4. The Balaban J connectivity index is 2.36. The van der Waals surface area contributed by atoms with Gasteiger partial charge in [-0.15, -0.1) is 11.6 Å². The van der Waals surface area contributed by atoms with Crippen molar-refractivity contribution in [2.45, 2.75) is 11.8 Å². The number of halogens is 1. The number of carboxylic acids is 1. The number of carbonyl (C=O) groups excluding carboxylic acids is 2. The zero-order valence-corrected chi connectivity index (χ0v) is 10.6. The molecule has 1 unspecified atom stereocenters. The SMILES string of the molecule is O=C(O)CCN=C1C(=O)c2ccccc2C(=O)C1Cl. The summed E-state index contributed by atoms with van der Waals surface area (Å²) in [5.41, 5.74) is 0.467. The highest BCUT2D eigenvalue weighted by molar-refractivity contribution is 6.64. The van der Waals surface area contributed by atoms with Gasteiger partial charge in [0.1, 0.15) is 11.1 Å². The molecule has 1 aliphatic rings. The second-order valence-corrected chi connectivity index (χ2v) is 4.45. The molecule has 0 radical (unpaired) electrons. The standard InChI is InChI=1S/C13H10ClNO4/c14-10-11(15-6-5-9(16)17)13(19)8-4-2-1-3-7(8)12(10)18/h1-4,10H,5-6H2,(H,16,17). The number of benzene rings is 1. The first-order valence-corrected chi connectivity index (χ1v) is 6.04. The Morgan fingerprint density at radius 2 is 1.89 bits per heavy atom. The van der Waals surface area contributed by atoms with Crippen LogP contribution in [0, 0.1) is 0 Å². The van der Waals surface area contributed by atoms with Gasteiger partial charge in [-0.3, -0.25) is 19.4 Å². The normalized spacial score (nSPS) is 20.5. The van der Waals surface area contributed by atoms with Crippen LogP contribution in [-0.2, 0) is 4.79 Å². The average Bonchev–Trinajstić information content (AvgIpc) is 2.40. The second kappa shape index (κ2) is 5.32. The van der Waals surface area contributed by atoms with Crippen molar-refractivity contribution in [3.63, 3.8) is 0 Å². The van der Waals surface area contributed by atoms with Crippen LogP contribution >= 0.6 is 11.6 Å². The predicted molar refractivity (Wildman–Crippen MR) is 69.3 cm³/mol. The lowest BCUT2D eigenvalue weighted by Gasteiger charge is -2.19. The third-order valence-electron chi connectivity index (χ3n) is 2.75. The van der Waals surface area contributed by atoms with E-state index in [-0.39, 0.29) is 35.6 Å². The highest BCUT2D eigenvalue weighted by Crippen LogP contribution is 2.23. The minimum atomic E-state index is -1.14. The molecule has 0 aliphatic heterocycles. The number of aliphatic imine (C=N–C) groups is 1. The summed E-state index contributed by atoms with van der Waals surface area (Å²) >= 11 is 5.92. The summed E-state index contributed by atoms with van der Waals surface area (Å²) in [5, 5.41) is 7.39. The van der Waals surface area contributed by atoms with E-state index in [9.17, 15) is 14.4 Å². The number of fused-ring (bicyclic) bond motifs is 1. The summed E-state index contributed by atoms with van der Waals surface area (Å²) in [7, 11) is 0. The van der Waals surface area contributed by atoms with E-state index in [0.717, 1.165) is 0 Å². The predicted octanol–water partition coefficient (Wildman–Crippen LogP) is 1.59. The largest absolute Gasteiger partial charge is 0.481 e. The topological polar surface area (TPSA) is 83.8 Å². The Kier molecular flexibility index (Phi) is 3.76. The van der Waals surface area contributed by atoms with Gasteiger partial charge in [-0.05, 0) is 0 Å². The summed E-state index contributed by atoms with van der Waals surface area (Å²) in [5.74, 6) is -1.82. The van der Waals surface area contributed by atoms with Crippen LogP contribution in [-0.4, -0.2) is 40.3 Å². The first-order valence-electron chi connectivity index (χ1n) is 5.60. The summed E-state index contributed by atoms with van der Waals surface area (Å²) in [6.45, 7) is -0.0743. The Bertz CT molecular complexity index is 594. The summed E-state index contributed by atoms with van der Waals surface area (Å²) in [4.78, 5) is 38.4. The number of carbonyl (C=O) groups is 3. The lowest BCUT2D eigenvalue weighted by atomic mass is 9.88. The Hall–Kier alpha value is -2.01. The van der Waals surface area contributed by atoms with Crippen LogP contribution < -0.4 is 0 Å². The molecule has 0 saturated carbocycles. The number of Topliss-reactive ketones (excluding diaryl/α,β-unsaturated/α-hetero) is 2. The molecule has 0 amide bonds. The number of hydrogen-bond acceptors (Lipinski definition) is 4. The van der Waals surface area contributed by atoms with Crippen molar-refractivity contribution < 1.29 is 19.5 Å². The van der Waals surface area contributed by atoms with Gasteiger partial charge in [0.05, 0.1) is 6.42 Å². The molecule has 19 heavy (non-hydrogen) atoms. The van der Waals surface area contributed by atoms with Gasteiger partial charge in [-0.2, -0.15) is 0 Å². The van der Waals surface area contributed by atoms with E-state index >= 15 is 0 Å². The molecule has 98 valence electrons. The Morgan fingerprint density at radius 1 is 1.26 bits per heavy atom. The summed E-state index contributed by atoms with van der Waals surface area (Å²) in [6.07, 6.45) is -0.212. The molecule has 1 aromatic carbocycles. The fraction of sp³-hybridized carbons (Fsp3) is 0.231. The molecule has 1 aliphatic carbocycles. The van der Waals surface area contributed by atoms with Gasteiger partial charge >= 0.3 is 5.97 Å². The summed E-state index contributed by atoms with van der Waals surface area (Å²) in [6, 6.07) is 6.37.